The molecule has 0 aliphatic carbocycles. The molecule has 0 saturated heterocycles. The number of aromatic nitrogens is 1. The first-order chi connectivity index (χ1) is 11.8. The molecule has 1 aromatic heterocycles. The van der Waals surface area contributed by atoms with Crippen molar-refractivity contribution < 1.29 is 13.9 Å². The average molecular weight is 348 g/mol. The molecule has 2 aromatic rings. The summed E-state index contributed by atoms with van der Waals surface area (Å²) in [5.74, 6) is -0.474. The third-order valence-electron chi connectivity index (χ3n) is 4.84. The number of hydrogen-bond donors (Lipinski definition) is 1. The van der Waals surface area contributed by atoms with E-state index in [0.717, 1.165) is 30.3 Å². The van der Waals surface area contributed by atoms with E-state index in [0.29, 0.717) is 12.1 Å². The second-order valence-electron chi connectivity index (χ2n) is 7.23. The lowest BCUT2D eigenvalue weighted by Crippen LogP contribution is -2.24. The number of fused-ring (bicyclic) bond motifs is 1. The van der Waals surface area contributed by atoms with Crippen LogP contribution in [-0.4, -0.2) is 23.6 Å². The molecule has 0 atom stereocenters. The summed E-state index contributed by atoms with van der Waals surface area (Å²) in [5.41, 5.74) is 7.41. The van der Waals surface area contributed by atoms with E-state index >= 15 is 0 Å². The topological polar surface area (TPSA) is 57.2 Å². The highest BCUT2D eigenvalue weighted by molar-refractivity contribution is 5.88. The van der Waals surface area contributed by atoms with E-state index in [1.54, 1.807) is 6.07 Å². The highest BCUT2D eigenvalue weighted by Gasteiger charge is 2.25. The van der Waals surface area contributed by atoms with Crippen LogP contribution in [0.25, 0.3) is 10.9 Å². The number of carbonyl (C=O) groups is 1. The van der Waals surface area contributed by atoms with Crippen molar-refractivity contribution >= 4 is 22.4 Å². The van der Waals surface area contributed by atoms with Crippen molar-refractivity contribution in [3.63, 3.8) is 0 Å². The van der Waals surface area contributed by atoms with E-state index in [9.17, 15) is 9.18 Å². The standard InChI is InChI=1S/C20H29FN2O2/c1-5-7-8-25-13-15(24)12-23-18-11-16(21)17(22)9-14(18)10-19(23)20(3,4)6-2/h9-11H,5-8,12-13,22H2,1-4H3. The van der Waals surface area contributed by atoms with Crippen LogP contribution in [0.4, 0.5) is 10.1 Å². The Balaban J connectivity index is 2.36. The number of nitrogens with two attached hydrogens (primary N) is 1. The highest BCUT2D eigenvalue weighted by atomic mass is 19.1. The van der Waals surface area contributed by atoms with Crippen LogP contribution in [0.5, 0.6) is 0 Å². The second kappa shape index (κ2) is 8.00. The summed E-state index contributed by atoms with van der Waals surface area (Å²) in [6, 6.07) is 5.07. The largest absolute Gasteiger partial charge is 0.396 e. The number of benzene rings is 1. The van der Waals surface area contributed by atoms with Gasteiger partial charge in [0.2, 0.25) is 0 Å². The normalized spacial score (nSPS) is 12.0. The van der Waals surface area contributed by atoms with Crippen LogP contribution in [0.1, 0.15) is 52.7 Å². The molecule has 0 aliphatic rings. The van der Waals surface area contributed by atoms with Crippen molar-refractivity contribution in [2.45, 2.75) is 58.9 Å². The number of ketones is 1. The quantitative estimate of drug-likeness (QED) is 0.538. The zero-order valence-corrected chi connectivity index (χ0v) is 15.7. The Morgan fingerprint density at radius 2 is 2.00 bits per heavy atom. The Bertz CT molecular complexity index is 750. The van der Waals surface area contributed by atoms with Crippen LogP contribution in [0, 0.1) is 5.82 Å². The minimum Gasteiger partial charge on any atom is -0.396 e. The van der Waals surface area contributed by atoms with Gasteiger partial charge in [-0.15, -0.1) is 0 Å². The number of ether oxygens (including phenoxy) is 1. The number of carbonyl (C=O) groups excluding carboxylic acids is 1. The van der Waals surface area contributed by atoms with Crippen LogP contribution < -0.4 is 5.73 Å². The molecule has 0 bridgehead atoms. The van der Waals surface area contributed by atoms with E-state index in [1.807, 2.05) is 10.6 Å². The van der Waals surface area contributed by atoms with Crippen LogP contribution in [0.3, 0.4) is 0 Å². The van der Waals surface area contributed by atoms with E-state index in [4.69, 9.17) is 10.5 Å². The first-order valence-corrected chi connectivity index (χ1v) is 8.98. The molecule has 0 unspecified atom stereocenters. The maximum Gasteiger partial charge on any atom is 0.178 e. The van der Waals surface area contributed by atoms with Crippen molar-refractivity contribution in [2.24, 2.45) is 0 Å². The fourth-order valence-corrected chi connectivity index (χ4v) is 2.87. The molecule has 5 heteroatoms. The summed E-state index contributed by atoms with van der Waals surface area (Å²) in [6.45, 7) is 9.29. The average Bonchev–Trinajstić information content (AvgIpc) is 2.90. The van der Waals surface area contributed by atoms with Gasteiger partial charge in [-0.1, -0.05) is 34.1 Å². The molecule has 0 amide bonds. The third kappa shape index (κ3) is 4.40. The maximum atomic E-state index is 14.0. The third-order valence-corrected chi connectivity index (χ3v) is 4.84. The van der Waals surface area contributed by atoms with Gasteiger partial charge < -0.3 is 15.0 Å². The Kier molecular flexibility index (Phi) is 6.22. The molecule has 1 heterocycles. The monoisotopic (exact) mass is 348 g/mol. The lowest BCUT2D eigenvalue weighted by Gasteiger charge is -2.25. The van der Waals surface area contributed by atoms with Gasteiger partial charge in [-0.3, -0.25) is 4.79 Å². The molecule has 0 radical (unpaired) electrons. The van der Waals surface area contributed by atoms with E-state index < -0.39 is 5.82 Å². The minimum absolute atomic E-state index is 0.0148. The Morgan fingerprint density at radius 3 is 2.64 bits per heavy atom. The number of anilines is 1. The number of unbranched alkanes of at least 4 members (excludes halogenated alkanes) is 1. The molecule has 25 heavy (non-hydrogen) atoms. The van der Waals surface area contributed by atoms with Crippen molar-refractivity contribution in [1.82, 2.24) is 4.57 Å². The van der Waals surface area contributed by atoms with Gasteiger partial charge in [-0.25, -0.2) is 4.39 Å². The second-order valence-corrected chi connectivity index (χ2v) is 7.23. The number of rotatable bonds is 9. The van der Waals surface area contributed by atoms with Crippen molar-refractivity contribution in [3.8, 4) is 0 Å². The molecule has 1 aromatic carbocycles. The first kappa shape index (κ1) is 19.4. The summed E-state index contributed by atoms with van der Waals surface area (Å²) in [7, 11) is 0. The molecule has 4 nitrogen and oxygen atoms in total. The molecular weight excluding hydrogens is 319 g/mol. The summed E-state index contributed by atoms with van der Waals surface area (Å²) >= 11 is 0. The number of Topliss-reactive ketones (excluding diaryl/α,β-unsaturated/α-hetero) is 1. The molecule has 138 valence electrons. The summed E-state index contributed by atoms with van der Waals surface area (Å²) in [5, 5.41) is 0.857. The van der Waals surface area contributed by atoms with Gasteiger partial charge in [-0.05, 0) is 25.0 Å². The van der Waals surface area contributed by atoms with Crippen LogP contribution in [-0.2, 0) is 21.5 Å². The Hall–Kier alpha value is -1.88. The van der Waals surface area contributed by atoms with Gasteiger partial charge in [-0.2, -0.15) is 0 Å². The van der Waals surface area contributed by atoms with Gasteiger partial charge in [0, 0.05) is 29.2 Å². The van der Waals surface area contributed by atoms with Crippen molar-refractivity contribution in [1.29, 1.82) is 0 Å². The Labute approximate surface area is 149 Å². The van der Waals surface area contributed by atoms with Gasteiger partial charge in [0.25, 0.3) is 0 Å². The van der Waals surface area contributed by atoms with Crippen LogP contribution >= 0.6 is 0 Å². The number of halogens is 1. The molecule has 2 rings (SSSR count). The van der Waals surface area contributed by atoms with Crippen molar-refractivity contribution in [2.75, 3.05) is 18.9 Å². The summed E-state index contributed by atoms with van der Waals surface area (Å²) in [6.07, 6.45) is 2.88. The number of nitrogens with zero attached hydrogens (tertiary/aromatic N) is 1. The van der Waals surface area contributed by atoms with Crippen molar-refractivity contribution in [3.05, 3.63) is 29.7 Å². The predicted molar refractivity (Wildman–Crippen MR) is 100 cm³/mol. The predicted octanol–water partition coefficient (Wildman–Crippen LogP) is 4.44. The molecule has 0 spiro atoms. The molecule has 0 aliphatic heterocycles. The van der Waals surface area contributed by atoms with Gasteiger partial charge in [0.15, 0.2) is 5.78 Å². The Morgan fingerprint density at radius 1 is 1.28 bits per heavy atom. The highest BCUT2D eigenvalue weighted by Crippen LogP contribution is 2.33. The number of nitrogen functional groups attached to an aromatic ring is 1. The number of hydrogen-bond acceptors (Lipinski definition) is 3. The van der Waals surface area contributed by atoms with Crippen LogP contribution in [0.2, 0.25) is 0 Å². The van der Waals surface area contributed by atoms with Crippen LogP contribution in [0.15, 0.2) is 18.2 Å². The molecule has 2 N–H and O–H groups in total. The lowest BCUT2D eigenvalue weighted by molar-refractivity contribution is -0.124. The van der Waals surface area contributed by atoms with Gasteiger partial charge in [0.05, 0.1) is 17.7 Å². The zero-order chi connectivity index (χ0) is 18.6. The fourth-order valence-electron chi connectivity index (χ4n) is 2.87. The van der Waals surface area contributed by atoms with E-state index in [1.165, 1.54) is 6.07 Å². The first-order valence-electron chi connectivity index (χ1n) is 8.98. The lowest BCUT2D eigenvalue weighted by atomic mass is 9.86. The smallest absolute Gasteiger partial charge is 0.178 e. The summed E-state index contributed by atoms with van der Waals surface area (Å²) < 4.78 is 21.3. The SMILES string of the molecule is CCCCOCC(=O)Cn1c(C(C)(C)CC)cc2cc(N)c(F)cc21. The van der Waals surface area contributed by atoms with Gasteiger partial charge >= 0.3 is 0 Å². The molecule has 0 saturated carbocycles. The van der Waals surface area contributed by atoms with Gasteiger partial charge in [0.1, 0.15) is 12.4 Å². The summed E-state index contributed by atoms with van der Waals surface area (Å²) in [4.78, 5) is 12.4. The fraction of sp³-hybridized carbons (Fsp3) is 0.550. The molecular formula is C20H29FN2O2. The zero-order valence-electron chi connectivity index (χ0n) is 15.7. The molecule has 0 fully saturated rings. The minimum atomic E-state index is -0.459. The van der Waals surface area contributed by atoms with E-state index in [-0.39, 0.29) is 30.0 Å². The maximum absolute atomic E-state index is 14.0. The van der Waals surface area contributed by atoms with E-state index in [2.05, 4.69) is 27.7 Å².